The van der Waals surface area contributed by atoms with Crippen molar-refractivity contribution in [3.8, 4) is 23.3 Å². The van der Waals surface area contributed by atoms with Gasteiger partial charge >= 0.3 is 0 Å². The minimum atomic E-state index is -0.0657. The first-order valence-electron chi connectivity index (χ1n) is 38.0. The van der Waals surface area contributed by atoms with Crippen LogP contribution in [0.1, 0.15) is 86.6 Å². The van der Waals surface area contributed by atoms with Crippen molar-refractivity contribution in [3.63, 3.8) is 0 Å². The van der Waals surface area contributed by atoms with E-state index in [0.29, 0.717) is 94.8 Å². The number of aromatic nitrogens is 16. The van der Waals surface area contributed by atoms with Gasteiger partial charge in [-0.2, -0.15) is 38.7 Å². The predicted molar refractivity (Wildman–Crippen MR) is 445 cm³/mol. The first-order valence-corrected chi connectivity index (χ1v) is 38.0. The van der Waals surface area contributed by atoms with Crippen molar-refractivity contribution in [2.24, 2.45) is 0 Å². The lowest BCUT2D eigenvalue weighted by molar-refractivity contribution is 0.0781. The predicted octanol–water partition coefficient (Wildman–Crippen LogP) is 10.0. The molecule has 16 rings (SSSR count). The summed E-state index contributed by atoms with van der Waals surface area (Å²) in [6.07, 6.45) is 13.5. The van der Waals surface area contributed by atoms with Crippen LogP contribution in [0.5, 0.6) is 0 Å². The third-order valence-corrected chi connectivity index (χ3v) is 19.4. The summed E-state index contributed by atoms with van der Waals surface area (Å²) in [6, 6.07) is 63.4. The average Bonchev–Trinajstić information content (AvgIpc) is 1.70. The van der Waals surface area contributed by atoms with Gasteiger partial charge in [0.2, 0.25) is 47.6 Å². The van der Waals surface area contributed by atoms with Gasteiger partial charge in [-0.3, -0.25) is 19.3 Å². The summed E-state index contributed by atoms with van der Waals surface area (Å²) >= 11 is 0. The molecule has 33 nitrogen and oxygen atoms in total. The lowest BCUT2D eigenvalue weighted by Crippen LogP contribution is -2.33. The fraction of sp³-hybridized carbons (Fsp3) is 0.256. The molecule has 33 heteroatoms. The van der Waals surface area contributed by atoms with Gasteiger partial charge in [-0.25, -0.2) is 19.9 Å². The highest BCUT2D eigenvalue weighted by Crippen LogP contribution is 2.31. The van der Waals surface area contributed by atoms with Crippen molar-refractivity contribution >= 4 is 88.1 Å². The van der Waals surface area contributed by atoms with E-state index in [0.717, 1.165) is 87.8 Å². The number of benzene rings is 5. The van der Waals surface area contributed by atoms with Crippen LogP contribution in [0.25, 0.3) is 23.3 Å². The zero-order valence-electron chi connectivity index (χ0n) is 64.5. The number of rotatable bonds is 24. The average molecular weight is 1550 g/mol. The number of hydrogen-bond donors (Lipinski definition) is 9. The van der Waals surface area contributed by atoms with Crippen LogP contribution >= 0.6 is 0 Å². The lowest BCUT2D eigenvalue weighted by atomic mass is 9.98. The summed E-state index contributed by atoms with van der Waals surface area (Å²) < 4.78 is 5.91. The normalized spacial score (nSPS) is 14.5. The zero-order valence-corrected chi connectivity index (χ0v) is 64.5. The first-order chi connectivity index (χ1) is 56.0. The molecular weight excluding hydrogens is 1450 g/mol. The second-order valence-electron chi connectivity index (χ2n) is 28.0. The highest BCUT2D eigenvalue weighted by atomic mass is 16.2. The molecule has 0 saturated carbocycles. The van der Waals surface area contributed by atoms with Crippen molar-refractivity contribution in [2.75, 3.05) is 125 Å². The highest BCUT2D eigenvalue weighted by molar-refractivity contribution is 5.96. The van der Waals surface area contributed by atoms with Crippen LogP contribution in [0.2, 0.25) is 0 Å². The Morgan fingerprint density at radius 3 is 1.25 bits per heavy atom. The molecule has 3 saturated heterocycles. The van der Waals surface area contributed by atoms with Crippen molar-refractivity contribution < 1.29 is 14.4 Å². The van der Waals surface area contributed by atoms with E-state index in [1.807, 2.05) is 127 Å². The summed E-state index contributed by atoms with van der Waals surface area (Å²) in [5.74, 6) is 5.50. The molecule has 13 N–H and O–H groups in total. The molecule has 2 unspecified atom stereocenters. The second-order valence-corrected chi connectivity index (χ2v) is 28.0. The maximum atomic E-state index is 12.5. The molecule has 3 fully saturated rings. The fourth-order valence-electron chi connectivity index (χ4n) is 13.2. The molecule has 590 valence electrons. The number of likely N-dealkylation sites (tertiary alicyclic amines) is 3. The Kier molecular flexibility index (Phi) is 26.3. The van der Waals surface area contributed by atoms with Crippen molar-refractivity contribution in [1.29, 1.82) is 0 Å². The van der Waals surface area contributed by atoms with Crippen LogP contribution in [-0.4, -0.2) is 208 Å². The standard InChI is InChI=1S/C24H25N7.C21H26N8O.C19H24N8O.C18H19N7O/c25-23-28-24(29-31(23)22-8-4-5-14-26-22)27-21-11-9-19(10-12-21)20-13-15-30(17-20)16-18-6-2-1-3-7-18;1-28-14-4-5-17(28)11-13-24-19(30)15-7-9-16(10-8-15)25-21-26-20(22)29(27-21)18-6-2-3-12-23-18;1-25(2)12-13-26(3)17(28)14-7-9-15(10-8-14)22-19-23-18(20)27(24-19)16-6-4-5-11-21-16;19-17-22-18(23-25(17)15-5-1-2-10-20-15)21-14-8-6-13(7-9-14)16(26)24-11-3-4-12-24/h1-12,14,20H,13,15-17H2,(H3,25,27,28,29);2-3,6-10,12,17H,4-5,11,13-14H2,1H3,(H,24,30)(H3,22,25,26,27);4-11H,12-13H2,1-3H3,(H3,20,22,23,24);1-2,5-10H,3-4,11-12H2,(H3,19,21,22,23). The molecule has 2 atom stereocenters. The molecule has 3 aliphatic rings. The van der Waals surface area contributed by atoms with Gasteiger partial charge in [-0.05, 0) is 223 Å². The number of likely N-dealkylation sites (N-methyl/N-ethyl adjacent to an activating group) is 2. The Morgan fingerprint density at radius 1 is 0.443 bits per heavy atom. The Bertz CT molecular complexity index is 5240. The molecule has 3 aliphatic heterocycles. The van der Waals surface area contributed by atoms with Crippen LogP contribution in [0.4, 0.5) is 70.3 Å². The first kappa shape index (κ1) is 79.0. The quantitative estimate of drug-likeness (QED) is 0.0271. The lowest BCUT2D eigenvalue weighted by Gasteiger charge is -2.19. The number of pyridine rings is 4. The highest BCUT2D eigenvalue weighted by Gasteiger charge is 2.26. The van der Waals surface area contributed by atoms with Gasteiger partial charge in [0.25, 0.3) is 17.7 Å². The molecule has 11 heterocycles. The van der Waals surface area contributed by atoms with Crippen molar-refractivity contribution in [3.05, 3.63) is 253 Å². The summed E-state index contributed by atoms with van der Waals surface area (Å²) in [6.45, 7) is 8.23. The van der Waals surface area contributed by atoms with E-state index in [9.17, 15) is 14.4 Å². The van der Waals surface area contributed by atoms with Crippen LogP contribution in [0.3, 0.4) is 0 Å². The minimum Gasteiger partial charge on any atom is -0.368 e. The van der Waals surface area contributed by atoms with E-state index in [2.05, 4.69) is 158 Å². The molecule has 0 spiro atoms. The number of anilines is 12. The molecule has 0 aliphatic carbocycles. The molecule has 0 radical (unpaired) electrons. The van der Waals surface area contributed by atoms with Crippen LogP contribution in [-0.2, 0) is 6.54 Å². The molecule has 5 aromatic carbocycles. The maximum Gasteiger partial charge on any atom is 0.253 e. The third kappa shape index (κ3) is 21.5. The molecule has 3 amide bonds. The molecule has 115 heavy (non-hydrogen) atoms. The fourth-order valence-corrected chi connectivity index (χ4v) is 13.2. The van der Waals surface area contributed by atoms with E-state index < -0.39 is 0 Å². The Labute approximate surface area is 665 Å². The van der Waals surface area contributed by atoms with Crippen LogP contribution < -0.4 is 49.5 Å². The van der Waals surface area contributed by atoms with Gasteiger partial charge in [0, 0.05) is 123 Å². The number of amides is 3. The van der Waals surface area contributed by atoms with E-state index in [1.165, 1.54) is 49.1 Å². The zero-order chi connectivity index (χ0) is 80.0. The van der Waals surface area contributed by atoms with Gasteiger partial charge in [-0.15, -0.1) is 20.4 Å². The van der Waals surface area contributed by atoms with Gasteiger partial charge in [0.15, 0.2) is 23.3 Å². The SMILES string of the molecule is CN(C)CCN(C)C(=O)c1ccc(Nc2nc(N)n(-c3ccccn3)n2)cc1.CN1CCCC1CCNC(=O)c1ccc(Nc2nc(N)n(-c3ccccn3)n2)cc1.Nc1nc(Nc2ccc(C(=O)N3CCCC3)cc2)nn1-c1ccccn1.Nc1nc(Nc2ccc(C3CCN(Cc4ccccc4)C3)cc2)nn1-c1ccccn1. The largest absolute Gasteiger partial charge is 0.368 e. The number of nitrogens with one attached hydrogen (secondary N) is 5. The van der Waals surface area contributed by atoms with Crippen molar-refractivity contribution in [2.45, 2.75) is 57.0 Å². The minimum absolute atomic E-state index is 0.0183. The number of carbonyl (C=O) groups is 3. The van der Waals surface area contributed by atoms with E-state index in [-0.39, 0.29) is 35.6 Å². The Hall–Kier alpha value is -14.1. The number of hydrogen-bond acceptors (Lipinski definition) is 26. The van der Waals surface area contributed by atoms with Gasteiger partial charge in [-0.1, -0.05) is 66.7 Å². The summed E-state index contributed by atoms with van der Waals surface area (Å²) in [5.41, 5.74) is 31.7. The van der Waals surface area contributed by atoms with E-state index >= 15 is 0 Å². The summed E-state index contributed by atoms with van der Waals surface area (Å²) in [4.78, 5) is 81.6. The van der Waals surface area contributed by atoms with E-state index in [4.69, 9.17) is 22.9 Å². The van der Waals surface area contributed by atoms with Gasteiger partial charge in [0.1, 0.15) is 0 Å². The second kappa shape index (κ2) is 38.3. The topological polar surface area (TPSA) is 406 Å². The number of nitrogens with zero attached hydrogens (tertiary/aromatic N) is 21. The molecular formula is C82H94N30O3. The van der Waals surface area contributed by atoms with Crippen LogP contribution in [0.15, 0.2) is 225 Å². The van der Waals surface area contributed by atoms with E-state index in [1.54, 1.807) is 79.2 Å². The number of carbonyl (C=O) groups excluding carboxylic acids is 3. The van der Waals surface area contributed by atoms with Gasteiger partial charge < -0.3 is 69.1 Å². The molecule has 0 bridgehead atoms. The number of nitrogen functional groups attached to an aromatic ring is 4. The van der Waals surface area contributed by atoms with Crippen molar-refractivity contribution in [1.82, 2.24) is 109 Å². The van der Waals surface area contributed by atoms with Gasteiger partial charge in [0.05, 0.1) is 0 Å². The molecule has 13 aromatic rings. The summed E-state index contributed by atoms with van der Waals surface area (Å²) in [7, 11) is 7.91. The van der Waals surface area contributed by atoms with Crippen LogP contribution in [0, 0.1) is 0 Å². The third-order valence-electron chi connectivity index (χ3n) is 19.4. The summed E-state index contributed by atoms with van der Waals surface area (Å²) in [5, 5.41) is 32.9. The maximum absolute atomic E-state index is 12.5. The Balaban J connectivity index is 0.000000134. The molecule has 8 aromatic heterocycles. The Morgan fingerprint density at radius 2 is 0.852 bits per heavy atom. The smallest absolute Gasteiger partial charge is 0.253 e. The number of nitrogens with two attached hydrogens (primary N) is 4. The monoisotopic (exact) mass is 1550 g/mol.